The highest BCUT2D eigenvalue weighted by Crippen LogP contribution is 2.13. The van der Waals surface area contributed by atoms with Gasteiger partial charge in [-0.1, -0.05) is 24.3 Å². The Morgan fingerprint density at radius 2 is 1.86 bits per heavy atom. The number of aromatic nitrogens is 3. The fourth-order valence-corrected chi connectivity index (χ4v) is 3.63. The molecule has 7 nitrogen and oxygen atoms in total. The first-order chi connectivity index (χ1) is 13.5. The van der Waals surface area contributed by atoms with Crippen LogP contribution in [0.5, 0.6) is 0 Å². The van der Waals surface area contributed by atoms with Crippen LogP contribution in [0.4, 0.5) is 0 Å². The highest BCUT2D eigenvalue weighted by molar-refractivity contribution is 7.71. The molecule has 3 rings (SSSR count). The van der Waals surface area contributed by atoms with Gasteiger partial charge < -0.3 is 9.30 Å². The van der Waals surface area contributed by atoms with E-state index in [2.05, 4.69) is 46.1 Å². The highest BCUT2D eigenvalue weighted by Gasteiger charge is 2.19. The van der Waals surface area contributed by atoms with E-state index in [0.29, 0.717) is 23.9 Å². The summed E-state index contributed by atoms with van der Waals surface area (Å²) in [4.78, 5) is 16.6. The fourth-order valence-electron chi connectivity index (χ4n) is 3.43. The summed E-state index contributed by atoms with van der Waals surface area (Å²) in [5.41, 5.74) is 2.74. The van der Waals surface area contributed by atoms with E-state index in [4.69, 9.17) is 17.0 Å². The number of hydrogen-bond acceptors (Lipinski definition) is 6. The number of hydrogen-bond donors (Lipinski definition) is 0. The fraction of sp³-hybridized carbons (Fsp3) is 0.550. The third-order valence-electron chi connectivity index (χ3n) is 5.19. The van der Waals surface area contributed by atoms with E-state index < -0.39 is 0 Å². The Bertz CT molecular complexity index is 868. The van der Waals surface area contributed by atoms with Gasteiger partial charge in [-0.25, -0.2) is 4.68 Å². The van der Waals surface area contributed by atoms with Gasteiger partial charge in [-0.05, 0) is 37.2 Å². The Balaban J connectivity index is 1.55. The molecular formula is C20H29N5O2S. The van der Waals surface area contributed by atoms with Crippen molar-refractivity contribution in [1.29, 1.82) is 0 Å². The zero-order valence-electron chi connectivity index (χ0n) is 16.9. The summed E-state index contributed by atoms with van der Waals surface area (Å²) >= 11 is 5.50. The van der Waals surface area contributed by atoms with Gasteiger partial charge in [0.2, 0.25) is 0 Å². The smallest absolute Gasteiger partial charge is 0.313 e. The van der Waals surface area contributed by atoms with Crippen molar-refractivity contribution in [3.63, 3.8) is 0 Å². The predicted octanol–water partition coefficient (Wildman–Crippen LogP) is 2.14. The molecule has 1 fully saturated rings. The number of rotatable bonds is 7. The lowest BCUT2D eigenvalue weighted by Crippen LogP contribution is -2.46. The van der Waals surface area contributed by atoms with Crippen LogP contribution >= 0.6 is 12.2 Å². The minimum absolute atomic E-state index is 0.144. The summed E-state index contributed by atoms with van der Waals surface area (Å²) < 4.78 is 9.24. The van der Waals surface area contributed by atoms with Crippen molar-refractivity contribution in [3.05, 3.63) is 46.0 Å². The number of ether oxygens (including phenoxy) is 1. The maximum absolute atomic E-state index is 11.8. The number of benzene rings is 1. The molecule has 0 amide bonds. The van der Waals surface area contributed by atoms with Crippen molar-refractivity contribution in [3.8, 4) is 0 Å². The first kappa shape index (κ1) is 20.7. The van der Waals surface area contributed by atoms with Gasteiger partial charge in [0.05, 0.1) is 13.3 Å². The summed E-state index contributed by atoms with van der Waals surface area (Å²) in [6.45, 7) is 9.96. The van der Waals surface area contributed by atoms with Gasteiger partial charge in [-0.2, -0.15) is 5.10 Å². The molecule has 2 aromatic rings. The Labute approximate surface area is 171 Å². The Morgan fingerprint density at radius 3 is 2.54 bits per heavy atom. The lowest BCUT2D eigenvalue weighted by atomic mass is 10.1. The van der Waals surface area contributed by atoms with Crippen LogP contribution in [0.1, 0.15) is 23.9 Å². The van der Waals surface area contributed by atoms with Crippen molar-refractivity contribution in [1.82, 2.24) is 24.1 Å². The zero-order chi connectivity index (χ0) is 20.1. The molecule has 1 aromatic carbocycles. The van der Waals surface area contributed by atoms with Crippen molar-refractivity contribution < 1.29 is 9.53 Å². The molecule has 0 atom stereocenters. The van der Waals surface area contributed by atoms with E-state index in [1.165, 1.54) is 11.1 Å². The van der Waals surface area contributed by atoms with Crippen LogP contribution in [0.3, 0.4) is 0 Å². The van der Waals surface area contributed by atoms with E-state index in [1.807, 2.05) is 7.05 Å². The minimum Gasteiger partial charge on any atom is -0.466 e. The zero-order valence-corrected chi connectivity index (χ0v) is 17.7. The molecule has 0 N–H and O–H groups in total. The van der Waals surface area contributed by atoms with Crippen molar-refractivity contribution >= 4 is 18.2 Å². The maximum Gasteiger partial charge on any atom is 0.313 e. The Hall–Kier alpha value is -2.03. The second-order valence-electron chi connectivity index (χ2n) is 7.20. The third-order valence-corrected chi connectivity index (χ3v) is 5.68. The summed E-state index contributed by atoms with van der Waals surface area (Å²) in [6, 6.07) is 8.57. The molecular weight excluding hydrogens is 374 g/mol. The predicted molar refractivity (Wildman–Crippen MR) is 110 cm³/mol. The molecule has 0 aliphatic carbocycles. The maximum atomic E-state index is 11.8. The summed E-state index contributed by atoms with van der Waals surface area (Å²) in [7, 11) is 1.85. The van der Waals surface area contributed by atoms with Crippen LogP contribution in [0.2, 0.25) is 0 Å². The average Bonchev–Trinajstić information content (AvgIpc) is 2.93. The first-order valence-corrected chi connectivity index (χ1v) is 10.2. The van der Waals surface area contributed by atoms with Crippen LogP contribution in [-0.2, 0) is 36.2 Å². The molecule has 1 saturated heterocycles. The molecule has 2 heterocycles. The lowest BCUT2D eigenvalue weighted by molar-refractivity contribution is -0.142. The number of carbonyl (C=O) groups is 1. The summed E-state index contributed by atoms with van der Waals surface area (Å²) in [6.07, 6.45) is 0.144. The highest BCUT2D eigenvalue weighted by atomic mass is 32.1. The van der Waals surface area contributed by atoms with Gasteiger partial charge in [0.1, 0.15) is 12.2 Å². The van der Waals surface area contributed by atoms with Crippen LogP contribution in [0.15, 0.2) is 24.3 Å². The van der Waals surface area contributed by atoms with E-state index >= 15 is 0 Å². The van der Waals surface area contributed by atoms with Gasteiger partial charge in [0, 0.05) is 39.8 Å². The van der Waals surface area contributed by atoms with Crippen LogP contribution in [-0.4, -0.2) is 62.9 Å². The van der Waals surface area contributed by atoms with Crippen LogP contribution in [0, 0.1) is 11.7 Å². The summed E-state index contributed by atoms with van der Waals surface area (Å²) in [5, 5.41) is 4.54. The van der Waals surface area contributed by atoms with Crippen LogP contribution < -0.4 is 0 Å². The minimum atomic E-state index is -0.275. The van der Waals surface area contributed by atoms with Gasteiger partial charge in [0.15, 0.2) is 4.77 Å². The normalized spacial score (nSPS) is 15.7. The second-order valence-corrected chi connectivity index (χ2v) is 7.57. The number of carbonyl (C=O) groups excluding carboxylic acids is 1. The van der Waals surface area contributed by atoms with E-state index in [-0.39, 0.29) is 12.4 Å². The Morgan fingerprint density at radius 1 is 1.18 bits per heavy atom. The number of piperazine rings is 1. The van der Waals surface area contributed by atoms with Crippen LogP contribution in [0.25, 0.3) is 0 Å². The molecule has 0 saturated carbocycles. The number of aryl methyl sites for hydroxylation is 1. The molecule has 0 radical (unpaired) electrons. The molecule has 28 heavy (non-hydrogen) atoms. The van der Waals surface area contributed by atoms with E-state index in [0.717, 1.165) is 32.7 Å². The third kappa shape index (κ3) is 5.06. The monoisotopic (exact) mass is 403 g/mol. The van der Waals surface area contributed by atoms with Gasteiger partial charge in [0.25, 0.3) is 0 Å². The first-order valence-electron chi connectivity index (χ1n) is 9.75. The second kappa shape index (κ2) is 9.45. The standard InChI is InChI=1S/C20H29N5O2S/c1-4-27-19(26)13-18-21-25(20(28)22(18)3)15-24-11-9-23(10-12-24)14-17-8-6-5-7-16(17)2/h5-8H,4,9-15H2,1-3H3. The van der Waals surface area contributed by atoms with E-state index in [9.17, 15) is 4.79 Å². The topological polar surface area (TPSA) is 55.5 Å². The molecule has 1 aromatic heterocycles. The average molecular weight is 404 g/mol. The molecule has 1 aliphatic rings. The van der Waals surface area contributed by atoms with Gasteiger partial charge in [-0.15, -0.1) is 0 Å². The van der Waals surface area contributed by atoms with Crippen molar-refractivity contribution in [2.24, 2.45) is 7.05 Å². The molecule has 0 unspecified atom stereocenters. The lowest BCUT2D eigenvalue weighted by Gasteiger charge is -2.34. The Kier molecular flexibility index (Phi) is 6.98. The molecule has 8 heteroatoms. The van der Waals surface area contributed by atoms with Crippen molar-refractivity contribution in [2.75, 3.05) is 32.8 Å². The largest absolute Gasteiger partial charge is 0.466 e. The van der Waals surface area contributed by atoms with Gasteiger partial charge in [-0.3, -0.25) is 14.6 Å². The number of esters is 1. The molecule has 0 spiro atoms. The quantitative estimate of drug-likeness (QED) is 0.522. The molecule has 0 bridgehead atoms. The summed E-state index contributed by atoms with van der Waals surface area (Å²) in [5.74, 6) is 0.365. The molecule has 152 valence electrons. The molecule has 1 aliphatic heterocycles. The van der Waals surface area contributed by atoms with E-state index in [1.54, 1.807) is 16.2 Å². The SMILES string of the molecule is CCOC(=O)Cc1nn(CN2CCN(Cc3ccccc3C)CC2)c(=S)n1C. The van der Waals surface area contributed by atoms with Crippen molar-refractivity contribution in [2.45, 2.75) is 33.5 Å². The number of nitrogens with zero attached hydrogens (tertiary/aromatic N) is 5. The van der Waals surface area contributed by atoms with Gasteiger partial charge >= 0.3 is 5.97 Å².